The quantitative estimate of drug-likeness (QED) is 0.234. The topological polar surface area (TPSA) is 215 Å². The van der Waals surface area contributed by atoms with Crippen molar-refractivity contribution in [2.24, 2.45) is 0 Å². The molecule has 2 aromatic rings. The maximum atomic E-state index is 13.1. The van der Waals surface area contributed by atoms with E-state index in [2.05, 4.69) is 30.6 Å². The van der Waals surface area contributed by atoms with Crippen molar-refractivity contribution >= 4 is 29.0 Å². The van der Waals surface area contributed by atoms with Crippen LogP contribution in [0.5, 0.6) is 0 Å². The van der Waals surface area contributed by atoms with Gasteiger partial charge in [-0.05, 0) is 20.8 Å². The summed E-state index contributed by atoms with van der Waals surface area (Å²) in [6.07, 6.45) is -4.49. The number of H-pyrrole nitrogens is 1. The van der Waals surface area contributed by atoms with E-state index in [4.69, 9.17) is 9.47 Å². The fourth-order valence-electron chi connectivity index (χ4n) is 4.27. The first-order valence-corrected chi connectivity index (χ1v) is 11.5. The Morgan fingerprint density at radius 3 is 2.67 bits per heavy atom. The van der Waals surface area contributed by atoms with Crippen molar-refractivity contribution in [3.05, 3.63) is 12.7 Å². The molecule has 0 unspecified atom stereocenters. The number of amides is 2. The van der Waals surface area contributed by atoms with Gasteiger partial charge in [0.25, 0.3) is 0 Å². The van der Waals surface area contributed by atoms with E-state index in [0.29, 0.717) is 11.2 Å². The summed E-state index contributed by atoms with van der Waals surface area (Å²) in [7, 11) is 0. The maximum Gasteiger partial charge on any atom is 0.411 e. The van der Waals surface area contributed by atoms with Gasteiger partial charge in [-0.2, -0.15) is 0 Å². The van der Waals surface area contributed by atoms with Crippen molar-refractivity contribution in [3.8, 4) is 0 Å². The van der Waals surface area contributed by atoms with Crippen molar-refractivity contribution in [2.75, 3.05) is 18.5 Å². The third kappa shape index (κ3) is 5.34. The van der Waals surface area contributed by atoms with E-state index in [-0.39, 0.29) is 18.8 Å². The standard InChI is InChI=1S/C21H31N7O8/c1-21(2,3)36-20(34)28-5-9(30)4-10(28)18(33)26-12-11(6-29)35-19(15(32)14(12)31)27-17-13-16(23-7-22-13)24-8-25-17/h7-12,14-15,19,29-32H,4-6H2,1-3H3,(H,26,33)(H2,22,23,24,25,27)/t9-,10-,11+,12+,14-,15+,19+/m1/s1. The number of aliphatic hydroxyl groups excluding tert-OH is 4. The van der Waals surface area contributed by atoms with Crippen LogP contribution in [0.2, 0.25) is 0 Å². The summed E-state index contributed by atoms with van der Waals surface area (Å²) in [6, 6.07) is -2.30. The number of rotatable bonds is 5. The van der Waals surface area contributed by atoms with Gasteiger partial charge in [-0.15, -0.1) is 0 Å². The third-order valence-corrected chi connectivity index (χ3v) is 5.95. The molecule has 198 valence electrons. The zero-order valence-corrected chi connectivity index (χ0v) is 20.0. The highest BCUT2D eigenvalue weighted by Crippen LogP contribution is 2.26. The molecule has 0 aliphatic carbocycles. The fourth-order valence-corrected chi connectivity index (χ4v) is 4.27. The van der Waals surface area contributed by atoms with E-state index in [9.17, 15) is 30.0 Å². The summed E-state index contributed by atoms with van der Waals surface area (Å²) in [5.74, 6) is -0.446. The lowest BCUT2D eigenvalue weighted by Gasteiger charge is -2.43. The number of aromatic nitrogens is 4. The first-order chi connectivity index (χ1) is 17.0. The van der Waals surface area contributed by atoms with Gasteiger partial charge in [0.2, 0.25) is 5.91 Å². The Kier molecular flexibility index (Phi) is 7.28. The van der Waals surface area contributed by atoms with E-state index in [1.165, 1.54) is 12.7 Å². The number of ether oxygens (including phenoxy) is 2. The number of nitrogens with one attached hydrogen (secondary N) is 3. The molecule has 0 aromatic carbocycles. The molecule has 0 bridgehead atoms. The van der Waals surface area contributed by atoms with Gasteiger partial charge in [-0.3, -0.25) is 9.69 Å². The zero-order valence-electron chi connectivity index (χ0n) is 20.0. The van der Waals surface area contributed by atoms with Gasteiger partial charge in [-0.25, -0.2) is 19.7 Å². The Balaban J connectivity index is 1.46. The average Bonchev–Trinajstić information content (AvgIpc) is 3.44. The van der Waals surface area contributed by atoms with E-state index in [1.54, 1.807) is 20.8 Å². The number of hydrogen-bond acceptors (Lipinski definition) is 12. The molecular formula is C21H31N7O8. The number of nitrogens with zero attached hydrogens (tertiary/aromatic N) is 4. The van der Waals surface area contributed by atoms with Crippen LogP contribution in [0.25, 0.3) is 11.2 Å². The van der Waals surface area contributed by atoms with Crippen molar-refractivity contribution in [2.45, 2.75) is 75.5 Å². The fraction of sp³-hybridized carbons (Fsp3) is 0.667. The molecule has 36 heavy (non-hydrogen) atoms. The molecule has 2 fully saturated rings. The van der Waals surface area contributed by atoms with Gasteiger partial charge in [0, 0.05) is 6.42 Å². The molecule has 2 saturated heterocycles. The Morgan fingerprint density at radius 2 is 1.97 bits per heavy atom. The number of likely N-dealkylation sites (tertiary alicyclic amines) is 1. The summed E-state index contributed by atoms with van der Waals surface area (Å²) in [5.41, 5.74) is 0.00905. The molecule has 15 heteroatoms. The number of carbonyl (C=O) groups excluding carboxylic acids is 2. The van der Waals surface area contributed by atoms with Crippen molar-refractivity contribution in [3.63, 3.8) is 0 Å². The number of imidazole rings is 1. The summed E-state index contributed by atoms with van der Waals surface area (Å²) >= 11 is 0. The number of β-amino-alcohol motifs (C(OH)–C–C–N with tert-alkyl or cyclic N) is 1. The first-order valence-electron chi connectivity index (χ1n) is 11.5. The number of fused-ring (bicyclic) bond motifs is 1. The predicted molar refractivity (Wildman–Crippen MR) is 122 cm³/mol. The van der Waals surface area contributed by atoms with E-state index in [0.717, 1.165) is 4.90 Å². The van der Waals surface area contributed by atoms with Crippen LogP contribution < -0.4 is 10.6 Å². The molecule has 4 heterocycles. The zero-order chi connectivity index (χ0) is 26.2. The van der Waals surface area contributed by atoms with Gasteiger partial charge in [0.15, 0.2) is 17.7 Å². The van der Waals surface area contributed by atoms with Crippen LogP contribution in [0.1, 0.15) is 27.2 Å². The smallest absolute Gasteiger partial charge is 0.411 e. The van der Waals surface area contributed by atoms with Crippen LogP contribution in [0.4, 0.5) is 10.6 Å². The Labute approximate surface area is 205 Å². The van der Waals surface area contributed by atoms with E-state index >= 15 is 0 Å². The minimum absolute atomic E-state index is 0.0425. The highest BCUT2D eigenvalue weighted by Gasteiger charge is 2.48. The second kappa shape index (κ2) is 10.1. The van der Waals surface area contributed by atoms with Crippen LogP contribution in [0.15, 0.2) is 12.7 Å². The lowest BCUT2D eigenvalue weighted by Crippen LogP contribution is -2.67. The Bertz CT molecular complexity index is 1090. The van der Waals surface area contributed by atoms with Crippen molar-refractivity contribution in [1.82, 2.24) is 30.2 Å². The van der Waals surface area contributed by atoms with Gasteiger partial charge in [-0.1, -0.05) is 0 Å². The number of aromatic amines is 1. The first kappa shape index (κ1) is 26.0. The normalized spacial score (nSPS) is 30.9. The third-order valence-electron chi connectivity index (χ3n) is 5.95. The lowest BCUT2D eigenvalue weighted by atomic mass is 9.95. The molecule has 0 radical (unpaired) electrons. The lowest BCUT2D eigenvalue weighted by molar-refractivity contribution is -0.185. The maximum absolute atomic E-state index is 13.1. The average molecular weight is 510 g/mol. The molecule has 4 rings (SSSR count). The molecule has 15 nitrogen and oxygen atoms in total. The van der Waals surface area contributed by atoms with Crippen LogP contribution in [-0.2, 0) is 14.3 Å². The molecular weight excluding hydrogens is 478 g/mol. The number of aliphatic hydroxyl groups is 4. The molecule has 0 spiro atoms. The molecule has 2 amide bonds. The number of carbonyl (C=O) groups is 2. The summed E-state index contributed by atoms with van der Waals surface area (Å²) in [5, 5.41) is 47.0. The molecule has 0 saturated carbocycles. The number of hydrogen-bond donors (Lipinski definition) is 7. The monoisotopic (exact) mass is 509 g/mol. The van der Waals surface area contributed by atoms with Gasteiger partial charge >= 0.3 is 6.09 Å². The van der Waals surface area contributed by atoms with Gasteiger partial charge < -0.3 is 45.5 Å². The van der Waals surface area contributed by atoms with Gasteiger partial charge in [0.1, 0.15) is 41.8 Å². The predicted octanol–water partition coefficient (Wildman–Crippen LogP) is -1.94. The molecule has 2 aliphatic rings. The van der Waals surface area contributed by atoms with Crippen LogP contribution >= 0.6 is 0 Å². The Hall–Kier alpha value is -3.11. The second-order valence-corrected chi connectivity index (χ2v) is 9.80. The SMILES string of the molecule is CC(C)(C)OC(=O)N1C[C@H](O)C[C@@H]1C(=O)N[C@@H]1[C@@H](O)[C@H](O)[C@@H](Nc2ncnc3nc[nH]c23)O[C@H]1CO. The van der Waals surface area contributed by atoms with E-state index in [1.807, 2.05) is 0 Å². The van der Waals surface area contributed by atoms with Crippen LogP contribution in [0, 0.1) is 0 Å². The van der Waals surface area contributed by atoms with E-state index < -0.39 is 66.9 Å². The van der Waals surface area contributed by atoms with Crippen LogP contribution in [0.3, 0.4) is 0 Å². The molecule has 2 aliphatic heterocycles. The van der Waals surface area contributed by atoms with Gasteiger partial charge in [0.05, 0.1) is 31.6 Å². The highest BCUT2D eigenvalue weighted by atomic mass is 16.6. The largest absolute Gasteiger partial charge is 0.444 e. The van der Waals surface area contributed by atoms with Crippen molar-refractivity contribution in [1.29, 1.82) is 0 Å². The molecule has 7 atom stereocenters. The highest BCUT2D eigenvalue weighted by molar-refractivity contribution is 5.87. The second-order valence-electron chi connectivity index (χ2n) is 9.80. The summed E-state index contributed by atoms with van der Waals surface area (Å²) in [6.45, 7) is 4.34. The summed E-state index contributed by atoms with van der Waals surface area (Å²) in [4.78, 5) is 41.7. The minimum Gasteiger partial charge on any atom is -0.444 e. The minimum atomic E-state index is -1.56. The molecule has 2 aromatic heterocycles. The number of anilines is 1. The van der Waals surface area contributed by atoms with Crippen LogP contribution in [-0.4, -0.2) is 119 Å². The Morgan fingerprint density at radius 1 is 1.22 bits per heavy atom. The summed E-state index contributed by atoms with van der Waals surface area (Å²) < 4.78 is 11.1. The van der Waals surface area contributed by atoms with Crippen molar-refractivity contribution < 1.29 is 39.5 Å². The molecule has 7 N–H and O–H groups in total.